The summed E-state index contributed by atoms with van der Waals surface area (Å²) in [5.41, 5.74) is 0.620. The van der Waals surface area contributed by atoms with Gasteiger partial charge in [-0.25, -0.2) is 19.0 Å². The van der Waals surface area contributed by atoms with Crippen LogP contribution in [0.3, 0.4) is 0 Å². The minimum absolute atomic E-state index is 0.0219. The van der Waals surface area contributed by atoms with Crippen molar-refractivity contribution in [3.05, 3.63) is 32.1 Å². The predicted octanol–water partition coefficient (Wildman–Crippen LogP) is 5.88. The van der Waals surface area contributed by atoms with E-state index in [1.807, 2.05) is 9.36 Å². The van der Waals surface area contributed by atoms with Gasteiger partial charge in [-0.05, 0) is 103 Å². The second-order valence-electron chi connectivity index (χ2n) is 17.4. The first-order valence-electron chi connectivity index (χ1n) is 17.4. The molecule has 0 spiro atoms. The largest absolute Gasteiger partial charge is 0.465 e. The van der Waals surface area contributed by atoms with Crippen LogP contribution in [-0.2, 0) is 24.6 Å². The average Bonchev–Trinajstić information content (AvgIpc) is 3.45. The number of nitrogens with zero attached hydrogens (tertiary/aromatic N) is 2. The van der Waals surface area contributed by atoms with Crippen LogP contribution in [0.5, 0.6) is 0 Å². The maximum atomic E-state index is 13.9. The topological polar surface area (TPSA) is 112 Å². The van der Waals surface area contributed by atoms with Crippen molar-refractivity contribution in [2.24, 2.45) is 44.8 Å². The zero-order valence-corrected chi connectivity index (χ0v) is 28.8. The summed E-state index contributed by atoms with van der Waals surface area (Å²) in [5.74, 6) is 0.246. The van der Waals surface area contributed by atoms with Gasteiger partial charge in [-0.3, -0.25) is 14.6 Å². The van der Waals surface area contributed by atoms with Crippen LogP contribution in [0.1, 0.15) is 126 Å². The van der Waals surface area contributed by atoms with Crippen LogP contribution in [0.4, 0.5) is 0 Å². The third-order valence-corrected chi connectivity index (χ3v) is 15.3. The molecule has 4 fully saturated rings. The molecule has 248 valence electrons. The number of rotatable bonds is 4. The van der Waals surface area contributed by atoms with E-state index in [1.54, 1.807) is 0 Å². The predicted molar refractivity (Wildman–Crippen MR) is 169 cm³/mol. The Morgan fingerprint density at radius 2 is 1.58 bits per heavy atom. The van der Waals surface area contributed by atoms with Crippen molar-refractivity contribution in [1.82, 2.24) is 14.3 Å². The fourth-order valence-corrected chi connectivity index (χ4v) is 13.2. The highest BCUT2D eigenvalue weighted by Crippen LogP contribution is 2.79. The summed E-state index contributed by atoms with van der Waals surface area (Å²) in [5, 5.41) is 0. The second-order valence-corrected chi connectivity index (χ2v) is 17.4. The Balaban J connectivity index is 1.46. The van der Waals surface area contributed by atoms with Crippen LogP contribution in [-0.4, -0.2) is 39.0 Å². The number of esters is 2. The zero-order valence-electron chi connectivity index (χ0n) is 28.8. The summed E-state index contributed by atoms with van der Waals surface area (Å²) < 4.78 is 15.4. The van der Waals surface area contributed by atoms with Crippen molar-refractivity contribution in [3.8, 4) is 0 Å². The molecule has 4 saturated carbocycles. The SMILES string of the molecule is CC(=O)OC[C@]12CC[C@]3(C(C)C)C1=C1[C@H](C[C@@H]4[C@@]5(C)CC[C@H](OC(C)=O)C(C)(C)[C@@H]5CC[C@@]4(C)[C@]1(C)CC2)n1c(=O)[nH]c(=O)n13. The van der Waals surface area contributed by atoms with Crippen molar-refractivity contribution >= 4 is 11.9 Å². The molecule has 0 amide bonds. The van der Waals surface area contributed by atoms with Gasteiger partial charge in [0.25, 0.3) is 0 Å². The van der Waals surface area contributed by atoms with Gasteiger partial charge in [-0.15, -0.1) is 0 Å². The Labute approximate surface area is 266 Å². The lowest BCUT2D eigenvalue weighted by Gasteiger charge is -2.72. The van der Waals surface area contributed by atoms with Crippen LogP contribution < -0.4 is 11.4 Å². The van der Waals surface area contributed by atoms with Crippen LogP contribution >= 0.6 is 0 Å². The average molecular weight is 624 g/mol. The van der Waals surface area contributed by atoms with E-state index in [0.29, 0.717) is 18.4 Å². The summed E-state index contributed by atoms with van der Waals surface area (Å²) in [6.45, 7) is 19.7. The minimum Gasteiger partial charge on any atom is -0.465 e. The van der Waals surface area contributed by atoms with Crippen molar-refractivity contribution in [2.45, 2.75) is 138 Å². The number of fused-ring (bicyclic) bond motifs is 7. The molecule has 0 aromatic carbocycles. The molecular formula is C36H53N3O6. The summed E-state index contributed by atoms with van der Waals surface area (Å²) in [6.07, 6.45) is 8.07. The van der Waals surface area contributed by atoms with Gasteiger partial charge >= 0.3 is 23.3 Å². The molecule has 0 radical (unpaired) electrons. The number of hydrogen-bond donors (Lipinski definition) is 1. The second kappa shape index (κ2) is 9.27. The molecule has 9 heteroatoms. The molecule has 45 heavy (non-hydrogen) atoms. The molecule has 0 bridgehead atoms. The fraction of sp³-hybridized carbons (Fsp3) is 0.833. The van der Waals surface area contributed by atoms with E-state index < -0.39 is 5.54 Å². The van der Waals surface area contributed by atoms with Gasteiger partial charge in [0, 0.05) is 24.7 Å². The molecule has 6 aliphatic rings. The molecule has 0 saturated heterocycles. The van der Waals surface area contributed by atoms with Gasteiger partial charge in [-0.2, -0.15) is 0 Å². The first-order chi connectivity index (χ1) is 20.9. The van der Waals surface area contributed by atoms with Crippen LogP contribution in [0.2, 0.25) is 0 Å². The number of carbonyl (C=O) groups excluding carboxylic acids is 2. The number of ether oxygens (including phenoxy) is 2. The molecule has 1 aromatic rings. The number of nitrogens with one attached hydrogen (secondary N) is 1. The normalized spacial score (nSPS) is 44.0. The highest BCUT2D eigenvalue weighted by Gasteiger charge is 2.73. The van der Waals surface area contributed by atoms with Gasteiger partial charge in [0.2, 0.25) is 0 Å². The molecule has 1 N–H and O–H groups in total. The van der Waals surface area contributed by atoms with E-state index in [-0.39, 0.29) is 68.5 Å². The fourth-order valence-electron chi connectivity index (χ4n) is 13.2. The van der Waals surface area contributed by atoms with E-state index >= 15 is 0 Å². The quantitative estimate of drug-likeness (QED) is 0.331. The Bertz CT molecular complexity index is 1630. The molecule has 9 atom stereocenters. The zero-order chi connectivity index (χ0) is 32.7. The molecule has 1 aromatic heterocycles. The van der Waals surface area contributed by atoms with Crippen molar-refractivity contribution < 1.29 is 19.1 Å². The maximum absolute atomic E-state index is 13.9. The van der Waals surface area contributed by atoms with Crippen LogP contribution in [0.15, 0.2) is 20.7 Å². The molecule has 9 nitrogen and oxygen atoms in total. The van der Waals surface area contributed by atoms with E-state index in [1.165, 1.54) is 25.0 Å². The summed E-state index contributed by atoms with van der Waals surface area (Å²) >= 11 is 0. The molecule has 5 aliphatic carbocycles. The number of aromatic amines is 1. The first kappa shape index (κ1) is 31.0. The summed E-state index contributed by atoms with van der Waals surface area (Å²) in [7, 11) is 0. The number of allylic oxidation sites excluding steroid dienone is 1. The Hall–Kier alpha value is -2.58. The van der Waals surface area contributed by atoms with E-state index in [4.69, 9.17) is 9.47 Å². The molecule has 2 heterocycles. The Kier molecular flexibility index (Phi) is 6.40. The van der Waals surface area contributed by atoms with Gasteiger partial charge in [-0.1, -0.05) is 48.5 Å². The van der Waals surface area contributed by atoms with Gasteiger partial charge < -0.3 is 9.47 Å². The smallest absolute Gasteiger partial charge is 0.345 e. The first-order valence-corrected chi connectivity index (χ1v) is 17.4. The number of aromatic nitrogens is 3. The monoisotopic (exact) mass is 623 g/mol. The lowest BCUT2D eigenvalue weighted by molar-refractivity contribution is -0.218. The standard InChI is InChI=1S/C36H53N3O6/c1-20(2)36-17-16-35(19-44-21(3)40)15-14-34(9)27(28(35)36)23(38-29(42)37-30(43)39(36)38)18-25-32(7)12-11-26(45-22(4)41)31(5,6)24(32)10-13-33(25,34)8/h20,23-26H,10-19H2,1-9H3,(H,37,42,43)/t23-,24-,25+,26-,32-,33+,34+,35-,36-/m0/s1. The Morgan fingerprint density at radius 3 is 2.22 bits per heavy atom. The van der Waals surface area contributed by atoms with E-state index in [2.05, 4.69) is 53.5 Å². The summed E-state index contributed by atoms with van der Waals surface area (Å²) in [4.78, 5) is 54.8. The minimum atomic E-state index is -0.641. The van der Waals surface area contributed by atoms with E-state index in [9.17, 15) is 19.2 Å². The summed E-state index contributed by atoms with van der Waals surface area (Å²) in [6, 6.07) is -0.235. The third-order valence-electron chi connectivity index (χ3n) is 15.3. The maximum Gasteiger partial charge on any atom is 0.345 e. The van der Waals surface area contributed by atoms with Crippen molar-refractivity contribution in [2.75, 3.05) is 6.61 Å². The number of hydrogen-bond acceptors (Lipinski definition) is 6. The lowest BCUT2D eigenvalue weighted by atomic mass is 9.33. The molecular weight excluding hydrogens is 570 g/mol. The highest BCUT2D eigenvalue weighted by atomic mass is 16.5. The molecule has 0 unspecified atom stereocenters. The van der Waals surface area contributed by atoms with Gasteiger partial charge in [0.05, 0.1) is 11.6 Å². The van der Waals surface area contributed by atoms with Crippen molar-refractivity contribution in [1.29, 1.82) is 0 Å². The van der Waals surface area contributed by atoms with Crippen molar-refractivity contribution in [3.63, 3.8) is 0 Å². The van der Waals surface area contributed by atoms with E-state index in [0.717, 1.165) is 57.8 Å². The highest BCUT2D eigenvalue weighted by molar-refractivity contribution is 5.66. The Morgan fingerprint density at radius 1 is 0.889 bits per heavy atom. The van der Waals surface area contributed by atoms with Crippen LogP contribution in [0, 0.1) is 44.8 Å². The van der Waals surface area contributed by atoms with Crippen LogP contribution in [0.25, 0.3) is 0 Å². The lowest BCUT2D eigenvalue weighted by Crippen LogP contribution is -2.67. The number of carbonyl (C=O) groups is 2. The van der Waals surface area contributed by atoms with Gasteiger partial charge in [0.15, 0.2) is 0 Å². The number of H-pyrrole nitrogens is 1. The molecule has 1 aliphatic heterocycles. The van der Waals surface area contributed by atoms with Gasteiger partial charge in [0.1, 0.15) is 12.7 Å². The third kappa shape index (κ3) is 3.56. The molecule has 7 rings (SSSR count).